The van der Waals surface area contributed by atoms with Crippen LogP contribution in [0.2, 0.25) is 0 Å². The zero-order chi connectivity index (χ0) is 34.7. The number of hydrogen-bond donors (Lipinski definition) is 8. The monoisotopic (exact) mass is 648 g/mol. The van der Waals surface area contributed by atoms with Gasteiger partial charge in [-0.2, -0.15) is 5.26 Å². The highest BCUT2D eigenvalue weighted by Crippen LogP contribution is 2.05. The Kier molecular flexibility index (Phi) is 22.6. The third kappa shape index (κ3) is 20.8. The first-order valence-electron chi connectivity index (χ1n) is 15.8. The molecule has 0 fully saturated rings. The predicted octanol–water partition coefficient (Wildman–Crippen LogP) is -3.33. The van der Waals surface area contributed by atoms with Gasteiger partial charge in [-0.3, -0.25) is 29.2 Å². The summed E-state index contributed by atoms with van der Waals surface area (Å²) in [6, 6.07) is 1.84. The Morgan fingerprint density at radius 3 is 1.31 bits per heavy atom. The van der Waals surface area contributed by atoms with Crippen LogP contribution in [0.1, 0.15) is 41.5 Å². The molecule has 0 saturated heterocycles. The van der Waals surface area contributed by atoms with Crippen LogP contribution < -0.4 is 5.32 Å². The molecule has 1 amide bonds. The van der Waals surface area contributed by atoms with Crippen molar-refractivity contribution in [2.75, 3.05) is 85.1 Å². The molecule has 264 valence electrons. The van der Waals surface area contributed by atoms with E-state index in [1.54, 1.807) is 41.5 Å². The first-order valence-corrected chi connectivity index (χ1v) is 15.8. The van der Waals surface area contributed by atoms with Crippen LogP contribution in [0.3, 0.4) is 0 Å². The number of nitriles is 1. The lowest BCUT2D eigenvalue weighted by molar-refractivity contribution is -0.146. The minimum Gasteiger partial charge on any atom is -0.392 e. The third-order valence-corrected chi connectivity index (χ3v) is 7.02. The highest BCUT2D eigenvalue weighted by Gasteiger charge is 2.31. The van der Waals surface area contributed by atoms with E-state index in [-0.39, 0.29) is 19.6 Å². The predicted molar refractivity (Wildman–Crippen MR) is 169 cm³/mol. The van der Waals surface area contributed by atoms with Crippen LogP contribution >= 0.6 is 0 Å². The molecule has 45 heavy (non-hydrogen) atoms. The first kappa shape index (κ1) is 43.2. The molecule has 0 aliphatic rings. The lowest BCUT2D eigenvalue weighted by atomic mass is 9.99. The summed E-state index contributed by atoms with van der Waals surface area (Å²) in [5.41, 5.74) is 0. The number of carbonyl (C=O) groups is 2. The maximum Gasteiger partial charge on any atom is 0.252 e. The Balaban J connectivity index is 5.31. The molecule has 8 N–H and O–H groups in total. The fourth-order valence-corrected chi connectivity index (χ4v) is 4.85. The standard InChI is InChI=1S/C30H60N6O9/c1-21(2)27(42)28(43)29(44)30(45)32-7-8-33(16-22(3)37)9-10-34(17-23(4)38)11-12-35(20-26(41)15-31)13-14-36(18-24(5)39)19-25(6)40/h21-26,28-29,37-41,43-44H,7-14,16-20H2,1-6H3,(H,32,45)/t22?,23?,24?,25?,26?,28-,29+/m0/s1. The summed E-state index contributed by atoms with van der Waals surface area (Å²) in [5.74, 6) is -2.05. The van der Waals surface area contributed by atoms with E-state index < -0.39 is 60.3 Å². The van der Waals surface area contributed by atoms with Crippen molar-refractivity contribution < 1.29 is 45.3 Å². The summed E-state index contributed by atoms with van der Waals surface area (Å²) in [4.78, 5) is 32.0. The van der Waals surface area contributed by atoms with Crippen LogP contribution in [0.4, 0.5) is 0 Å². The summed E-state index contributed by atoms with van der Waals surface area (Å²) in [7, 11) is 0. The van der Waals surface area contributed by atoms with Gasteiger partial charge in [-0.1, -0.05) is 13.8 Å². The highest BCUT2D eigenvalue weighted by atomic mass is 16.3. The summed E-state index contributed by atoms with van der Waals surface area (Å²) in [5, 5.41) is 81.6. The number of aliphatic hydroxyl groups excluding tert-OH is 7. The molecule has 0 spiro atoms. The number of Topliss-reactive ketones (excluding diaryl/α,β-unsaturated/α-hetero) is 1. The van der Waals surface area contributed by atoms with Gasteiger partial charge in [-0.25, -0.2) is 0 Å². The number of amides is 1. The van der Waals surface area contributed by atoms with Gasteiger partial charge in [0, 0.05) is 91.0 Å². The first-order chi connectivity index (χ1) is 21.0. The van der Waals surface area contributed by atoms with E-state index in [0.717, 1.165) is 0 Å². The highest BCUT2D eigenvalue weighted by molar-refractivity contribution is 5.92. The third-order valence-electron chi connectivity index (χ3n) is 7.02. The van der Waals surface area contributed by atoms with Gasteiger partial charge in [0.2, 0.25) is 0 Å². The van der Waals surface area contributed by atoms with Crippen molar-refractivity contribution in [1.29, 1.82) is 5.26 Å². The van der Waals surface area contributed by atoms with Crippen molar-refractivity contribution in [3.8, 4) is 6.07 Å². The average molecular weight is 649 g/mol. The molecule has 0 aliphatic heterocycles. The number of nitrogens with one attached hydrogen (secondary N) is 1. The van der Waals surface area contributed by atoms with Gasteiger partial charge in [0.15, 0.2) is 18.0 Å². The van der Waals surface area contributed by atoms with Gasteiger partial charge in [0.1, 0.15) is 6.10 Å². The molecule has 0 aromatic heterocycles. The number of ketones is 1. The topological polar surface area (TPSA) is 225 Å². The van der Waals surface area contributed by atoms with Gasteiger partial charge in [-0.05, 0) is 27.7 Å². The molecule has 0 aromatic carbocycles. The van der Waals surface area contributed by atoms with E-state index >= 15 is 0 Å². The van der Waals surface area contributed by atoms with Crippen LogP contribution in [-0.4, -0.2) is 195 Å². The molecule has 15 nitrogen and oxygen atoms in total. The Morgan fingerprint density at radius 2 is 0.933 bits per heavy atom. The van der Waals surface area contributed by atoms with E-state index in [9.17, 15) is 50.6 Å². The summed E-state index contributed by atoms with van der Waals surface area (Å²) < 4.78 is 0. The second-order valence-corrected chi connectivity index (χ2v) is 12.4. The summed E-state index contributed by atoms with van der Waals surface area (Å²) in [6.45, 7) is 14.5. The SMILES string of the molecule is CC(O)CN(CCNC(=O)[C@H](O)[C@@H](O)C(=O)C(C)C)CCN(CCN(CCN(CC(C)O)CC(C)O)CC(O)C#N)CC(C)O. The van der Waals surface area contributed by atoms with Crippen molar-refractivity contribution in [2.45, 2.75) is 84.3 Å². The maximum atomic E-state index is 12.3. The van der Waals surface area contributed by atoms with Crippen LogP contribution in [0.25, 0.3) is 0 Å². The lowest BCUT2D eigenvalue weighted by Crippen LogP contribution is -2.49. The molecular weight excluding hydrogens is 588 g/mol. The Morgan fingerprint density at radius 1 is 0.578 bits per heavy atom. The Bertz CT molecular complexity index is 846. The molecule has 0 saturated carbocycles. The van der Waals surface area contributed by atoms with Gasteiger partial charge in [0.05, 0.1) is 30.5 Å². The minimum absolute atomic E-state index is 0.0941. The van der Waals surface area contributed by atoms with Crippen molar-refractivity contribution in [3.05, 3.63) is 0 Å². The molecule has 7 atom stereocenters. The number of hydrogen-bond acceptors (Lipinski definition) is 14. The minimum atomic E-state index is -1.89. The number of carbonyl (C=O) groups excluding carboxylic acids is 2. The van der Waals surface area contributed by atoms with Gasteiger partial charge < -0.3 is 41.1 Å². The summed E-state index contributed by atoms with van der Waals surface area (Å²) in [6.07, 6.45) is -7.39. The van der Waals surface area contributed by atoms with Crippen LogP contribution in [0, 0.1) is 17.2 Å². The lowest BCUT2D eigenvalue weighted by Gasteiger charge is -2.33. The number of aliphatic hydroxyl groups is 7. The van der Waals surface area contributed by atoms with Crippen molar-refractivity contribution in [3.63, 3.8) is 0 Å². The van der Waals surface area contributed by atoms with Gasteiger partial charge in [0.25, 0.3) is 5.91 Å². The van der Waals surface area contributed by atoms with E-state index in [1.807, 2.05) is 25.7 Å². The summed E-state index contributed by atoms with van der Waals surface area (Å²) >= 11 is 0. The van der Waals surface area contributed by atoms with E-state index in [0.29, 0.717) is 65.4 Å². The fraction of sp³-hybridized carbons (Fsp3) is 0.900. The zero-order valence-electron chi connectivity index (χ0n) is 28.0. The molecule has 0 bridgehead atoms. The van der Waals surface area contributed by atoms with Gasteiger partial charge in [-0.15, -0.1) is 0 Å². The molecule has 0 radical (unpaired) electrons. The van der Waals surface area contributed by atoms with Gasteiger partial charge >= 0.3 is 0 Å². The molecule has 0 heterocycles. The van der Waals surface area contributed by atoms with E-state index in [4.69, 9.17) is 0 Å². The van der Waals surface area contributed by atoms with E-state index in [1.165, 1.54) is 0 Å². The molecule has 5 unspecified atom stereocenters. The Hall–Kier alpha value is -1.81. The molecule has 15 heteroatoms. The van der Waals surface area contributed by atoms with Crippen LogP contribution in [0.15, 0.2) is 0 Å². The quantitative estimate of drug-likeness (QED) is 0.0430. The normalized spacial score (nSPS) is 16.9. The molecule has 0 rings (SSSR count). The van der Waals surface area contributed by atoms with Crippen molar-refractivity contribution in [2.24, 2.45) is 5.92 Å². The van der Waals surface area contributed by atoms with Crippen LogP contribution in [-0.2, 0) is 9.59 Å². The largest absolute Gasteiger partial charge is 0.392 e. The second-order valence-electron chi connectivity index (χ2n) is 12.4. The van der Waals surface area contributed by atoms with Crippen molar-refractivity contribution >= 4 is 11.7 Å². The van der Waals surface area contributed by atoms with E-state index in [2.05, 4.69) is 5.32 Å². The molecule has 0 aliphatic carbocycles. The second kappa shape index (κ2) is 23.5. The van der Waals surface area contributed by atoms with Crippen molar-refractivity contribution in [1.82, 2.24) is 24.9 Å². The molecular formula is C30H60N6O9. The fourth-order valence-electron chi connectivity index (χ4n) is 4.85. The molecule has 0 aromatic rings. The smallest absolute Gasteiger partial charge is 0.252 e. The Labute approximate surface area is 268 Å². The maximum absolute atomic E-state index is 12.3. The average Bonchev–Trinajstić information content (AvgIpc) is 2.93. The number of rotatable bonds is 26. The number of nitrogens with zero attached hydrogens (tertiary/aromatic N) is 5. The zero-order valence-corrected chi connectivity index (χ0v) is 28.0. The van der Waals surface area contributed by atoms with Crippen LogP contribution in [0.5, 0.6) is 0 Å².